The third-order valence-corrected chi connectivity index (χ3v) is 5.60. The molecule has 0 radical (unpaired) electrons. The Kier molecular flexibility index (Phi) is 8.72. The molecule has 186 valence electrons. The summed E-state index contributed by atoms with van der Waals surface area (Å²) in [5.74, 6) is 0.367. The summed E-state index contributed by atoms with van der Waals surface area (Å²) in [6.45, 7) is 0.166. The number of nitrogens with zero attached hydrogens (tertiary/aromatic N) is 3. The van der Waals surface area contributed by atoms with Crippen LogP contribution in [0.4, 0.5) is 11.4 Å². The quantitative estimate of drug-likeness (QED) is 0.153. The molecule has 36 heavy (non-hydrogen) atoms. The van der Waals surface area contributed by atoms with E-state index in [9.17, 15) is 25.0 Å². The standard InChI is InChI=1S/C23H19IN4O8/c1-34-20-8-7-17(28(32)33)11-18(20)23(29)26-25-12-15-9-19(24)22(21(10-15)35-2)36-13-14-3-5-16(6-4-14)27(30)31/h3-12H,13H2,1-2H3,(H,26,29)/b25-12-. The molecule has 1 amide bonds. The molecule has 0 saturated heterocycles. The van der Waals surface area contributed by atoms with Crippen LogP contribution in [-0.4, -0.2) is 36.2 Å². The van der Waals surface area contributed by atoms with Gasteiger partial charge in [0.1, 0.15) is 12.4 Å². The second kappa shape index (κ2) is 11.9. The lowest BCUT2D eigenvalue weighted by Gasteiger charge is -2.13. The predicted octanol–water partition coefficient (Wildman–Crippen LogP) is 4.47. The summed E-state index contributed by atoms with van der Waals surface area (Å²) < 4.78 is 17.1. The summed E-state index contributed by atoms with van der Waals surface area (Å²) in [6, 6.07) is 13.1. The van der Waals surface area contributed by atoms with Crippen LogP contribution in [0, 0.1) is 23.8 Å². The average molecular weight is 606 g/mol. The van der Waals surface area contributed by atoms with Crippen LogP contribution in [0.2, 0.25) is 0 Å². The number of non-ortho nitro benzene ring substituents is 2. The number of nitro benzene ring substituents is 2. The highest BCUT2D eigenvalue weighted by Gasteiger charge is 2.17. The fraction of sp³-hybridized carbons (Fsp3) is 0.130. The van der Waals surface area contributed by atoms with E-state index in [1.807, 2.05) is 0 Å². The maximum atomic E-state index is 12.5. The molecule has 0 heterocycles. The van der Waals surface area contributed by atoms with Crippen LogP contribution in [0.1, 0.15) is 21.5 Å². The maximum absolute atomic E-state index is 12.5. The van der Waals surface area contributed by atoms with Crippen molar-refractivity contribution < 1.29 is 28.9 Å². The van der Waals surface area contributed by atoms with Gasteiger partial charge < -0.3 is 14.2 Å². The molecule has 0 spiro atoms. The van der Waals surface area contributed by atoms with E-state index >= 15 is 0 Å². The van der Waals surface area contributed by atoms with E-state index < -0.39 is 15.8 Å². The van der Waals surface area contributed by atoms with E-state index in [0.717, 1.165) is 11.6 Å². The zero-order chi connectivity index (χ0) is 26.2. The molecule has 0 aromatic heterocycles. The van der Waals surface area contributed by atoms with Crippen molar-refractivity contribution in [3.8, 4) is 17.2 Å². The average Bonchev–Trinajstić information content (AvgIpc) is 2.87. The van der Waals surface area contributed by atoms with Crippen LogP contribution in [0.25, 0.3) is 0 Å². The first-order valence-electron chi connectivity index (χ1n) is 10.1. The van der Waals surface area contributed by atoms with Crippen molar-refractivity contribution in [2.45, 2.75) is 6.61 Å². The second-order valence-electron chi connectivity index (χ2n) is 7.09. The molecule has 12 nitrogen and oxygen atoms in total. The Morgan fingerprint density at radius 3 is 2.22 bits per heavy atom. The molecule has 3 aromatic rings. The number of carbonyl (C=O) groups excluding carboxylic acids is 1. The number of rotatable bonds is 10. The summed E-state index contributed by atoms with van der Waals surface area (Å²) in [4.78, 5) is 33.2. The number of hydrazone groups is 1. The maximum Gasteiger partial charge on any atom is 0.275 e. The molecule has 0 aliphatic heterocycles. The molecule has 0 atom stereocenters. The number of halogens is 1. The van der Waals surface area contributed by atoms with Crippen molar-refractivity contribution in [1.29, 1.82) is 0 Å². The second-order valence-corrected chi connectivity index (χ2v) is 8.25. The van der Waals surface area contributed by atoms with Crippen molar-refractivity contribution in [2.75, 3.05) is 14.2 Å². The van der Waals surface area contributed by atoms with Gasteiger partial charge in [-0.1, -0.05) is 0 Å². The molecular weight excluding hydrogens is 587 g/mol. The molecule has 0 bridgehead atoms. The van der Waals surface area contributed by atoms with Crippen molar-refractivity contribution in [3.05, 3.63) is 95.1 Å². The third-order valence-electron chi connectivity index (χ3n) is 4.80. The SMILES string of the molecule is COc1ccc([N+](=O)[O-])cc1C(=O)N/N=C\c1cc(I)c(OCc2ccc([N+](=O)[O-])cc2)c(OC)c1. The first-order valence-corrected chi connectivity index (χ1v) is 11.2. The molecule has 0 unspecified atom stereocenters. The number of carbonyl (C=O) groups is 1. The van der Waals surface area contributed by atoms with Gasteiger partial charge in [0.15, 0.2) is 11.5 Å². The number of nitro groups is 2. The van der Waals surface area contributed by atoms with E-state index in [0.29, 0.717) is 20.6 Å². The summed E-state index contributed by atoms with van der Waals surface area (Å²) in [6.07, 6.45) is 1.38. The van der Waals surface area contributed by atoms with Gasteiger partial charge in [0.25, 0.3) is 17.3 Å². The number of benzene rings is 3. The van der Waals surface area contributed by atoms with Gasteiger partial charge in [0.2, 0.25) is 0 Å². The van der Waals surface area contributed by atoms with Gasteiger partial charge in [-0.15, -0.1) is 0 Å². The Morgan fingerprint density at radius 1 is 0.972 bits per heavy atom. The first-order chi connectivity index (χ1) is 17.2. The Bertz CT molecular complexity index is 1330. The lowest BCUT2D eigenvalue weighted by atomic mass is 10.1. The van der Waals surface area contributed by atoms with Gasteiger partial charge in [0.05, 0.1) is 39.4 Å². The third kappa shape index (κ3) is 6.44. The van der Waals surface area contributed by atoms with Crippen LogP contribution in [-0.2, 0) is 6.61 Å². The first kappa shape index (κ1) is 26.3. The minimum Gasteiger partial charge on any atom is -0.496 e. The number of methoxy groups -OCH3 is 2. The molecule has 0 aliphatic rings. The topological polar surface area (TPSA) is 155 Å². The van der Waals surface area contributed by atoms with Gasteiger partial charge in [-0.3, -0.25) is 25.0 Å². The molecule has 3 aromatic carbocycles. The number of amides is 1. The van der Waals surface area contributed by atoms with E-state index in [1.54, 1.807) is 24.3 Å². The van der Waals surface area contributed by atoms with Crippen molar-refractivity contribution in [1.82, 2.24) is 5.43 Å². The molecule has 0 saturated carbocycles. The Morgan fingerprint density at radius 2 is 1.61 bits per heavy atom. The summed E-state index contributed by atoms with van der Waals surface area (Å²) in [5, 5.41) is 25.7. The van der Waals surface area contributed by atoms with E-state index in [2.05, 4.69) is 33.1 Å². The van der Waals surface area contributed by atoms with Crippen molar-refractivity contribution in [2.24, 2.45) is 5.10 Å². The van der Waals surface area contributed by atoms with Gasteiger partial charge in [-0.05, 0) is 64.0 Å². The predicted molar refractivity (Wildman–Crippen MR) is 138 cm³/mol. The van der Waals surface area contributed by atoms with E-state index in [1.165, 1.54) is 44.7 Å². The summed E-state index contributed by atoms with van der Waals surface area (Å²) in [5.41, 5.74) is 3.35. The van der Waals surface area contributed by atoms with Gasteiger partial charge >= 0.3 is 0 Å². The number of nitrogens with one attached hydrogen (secondary N) is 1. The van der Waals surface area contributed by atoms with E-state index in [-0.39, 0.29) is 29.3 Å². The molecule has 13 heteroatoms. The lowest BCUT2D eigenvalue weighted by Crippen LogP contribution is -2.18. The molecule has 0 fully saturated rings. The highest BCUT2D eigenvalue weighted by atomic mass is 127. The smallest absolute Gasteiger partial charge is 0.275 e. The minimum absolute atomic E-state index is 0.00873. The summed E-state index contributed by atoms with van der Waals surface area (Å²) >= 11 is 2.06. The number of hydrogen-bond donors (Lipinski definition) is 1. The molecule has 3 rings (SSSR count). The number of ether oxygens (including phenoxy) is 3. The monoisotopic (exact) mass is 606 g/mol. The Hall–Kier alpha value is -4.27. The minimum atomic E-state index is -0.684. The zero-order valence-corrected chi connectivity index (χ0v) is 21.1. The fourth-order valence-electron chi connectivity index (χ4n) is 3.04. The van der Waals surface area contributed by atoms with Crippen LogP contribution >= 0.6 is 22.6 Å². The summed E-state index contributed by atoms with van der Waals surface area (Å²) in [7, 11) is 2.82. The normalized spacial score (nSPS) is 10.6. The van der Waals surface area contributed by atoms with Crippen LogP contribution in [0.15, 0.2) is 59.7 Å². The Labute approximate surface area is 218 Å². The highest BCUT2D eigenvalue weighted by molar-refractivity contribution is 14.1. The van der Waals surface area contributed by atoms with Crippen LogP contribution in [0.5, 0.6) is 17.2 Å². The van der Waals surface area contributed by atoms with Gasteiger partial charge in [0, 0.05) is 24.3 Å². The van der Waals surface area contributed by atoms with Gasteiger partial charge in [-0.2, -0.15) is 5.10 Å². The fourth-order valence-corrected chi connectivity index (χ4v) is 3.82. The van der Waals surface area contributed by atoms with E-state index in [4.69, 9.17) is 14.2 Å². The van der Waals surface area contributed by atoms with Crippen molar-refractivity contribution in [3.63, 3.8) is 0 Å². The molecule has 1 N–H and O–H groups in total. The lowest BCUT2D eigenvalue weighted by molar-refractivity contribution is -0.385. The van der Waals surface area contributed by atoms with Gasteiger partial charge in [-0.25, -0.2) is 5.43 Å². The molecule has 0 aliphatic carbocycles. The van der Waals surface area contributed by atoms with Crippen LogP contribution in [0.3, 0.4) is 0 Å². The molecular formula is C23H19IN4O8. The number of hydrogen-bond acceptors (Lipinski definition) is 9. The zero-order valence-electron chi connectivity index (χ0n) is 19.0. The Balaban J connectivity index is 1.72. The van der Waals surface area contributed by atoms with Crippen molar-refractivity contribution >= 4 is 46.1 Å². The van der Waals surface area contributed by atoms with Crippen LogP contribution < -0.4 is 19.6 Å². The largest absolute Gasteiger partial charge is 0.496 e. The highest BCUT2D eigenvalue weighted by Crippen LogP contribution is 2.34.